The maximum atomic E-state index is 12.9. The number of amides is 1. The summed E-state index contributed by atoms with van der Waals surface area (Å²) >= 11 is 0. The van der Waals surface area contributed by atoms with Gasteiger partial charge in [0.15, 0.2) is 5.78 Å². The van der Waals surface area contributed by atoms with Crippen LogP contribution in [0.15, 0.2) is 66.9 Å². The molecule has 2 heterocycles. The summed E-state index contributed by atoms with van der Waals surface area (Å²) in [5.74, 6) is 0.307. The highest BCUT2D eigenvalue weighted by Gasteiger charge is 2.30. The zero-order chi connectivity index (χ0) is 24.3. The van der Waals surface area contributed by atoms with Gasteiger partial charge in [0.05, 0.1) is 5.56 Å². The Morgan fingerprint density at radius 2 is 1.47 bits per heavy atom. The lowest BCUT2D eigenvalue weighted by Crippen LogP contribution is -2.48. The van der Waals surface area contributed by atoms with Crippen molar-refractivity contribution in [2.75, 3.05) is 31.1 Å². The van der Waals surface area contributed by atoms with Crippen LogP contribution in [0.4, 0.5) is 18.9 Å². The third-order valence-corrected chi connectivity index (χ3v) is 5.59. The Morgan fingerprint density at radius 3 is 2.00 bits per heavy atom. The van der Waals surface area contributed by atoms with E-state index in [1.807, 2.05) is 12.1 Å². The molecule has 4 rings (SSSR count). The Hall–Kier alpha value is -3.88. The Morgan fingerprint density at radius 1 is 0.853 bits per heavy atom. The summed E-state index contributed by atoms with van der Waals surface area (Å²) in [5.41, 5.74) is 1.32. The molecule has 0 atom stereocenters. The van der Waals surface area contributed by atoms with Crippen LogP contribution < -0.4 is 9.64 Å². The predicted octanol–water partition coefficient (Wildman–Crippen LogP) is 5.06. The second-order valence-electron chi connectivity index (χ2n) is 7.89. The van der Waals surface area contributed by atoms with Gasteiger partial charge in [-0.2, -0.15) is 13.2 Å². The van der Waals surface area contributed by atoms with Gasteiger partial charge < -0.3 is 14.5 Å². The van der Waals surface area contributed by atoms with Gasteiger partial charge in [-0.1, -0.05) is 0 Å². The van der Waals surface area contributed by atoms with E-state index >= 15 is 0 Å². The molecule has 1 amide bonds. The summed E-state index contributed by atoms with van der Waals surface area (Å²) in [6.45, 7) is 3.99. The SMILES string of the molecule is CC(=O)c1ccc(N2CCN(C(=O)c3ccc(Oc4ccc(C(F)(F)F)cn4)cc3)CC2)cc1. The Bertz CT molecular complexity index is 1150. The van der Waals surface area contributed by atoms with Gasteiger partial charge in [-0.15, -0.1) is 0 Å². The third-order valence-electron chi connectivity index (χ3n) is 5.59. The van der Waals surface area contributed by atoms with E-state index in [1.54, 1.807) is 41.3 Å². The highest BCUT2D eigenvalue weighted by Crippen LogP contribution is 2.30. The molecule has 1 fully saturated rings. The molecule has 176 valence electrons. The van der Waals surface area contributed by atoms with Gasteiger partial charge >= 0.3 is 6.18 Å². The topological polar surface area (TPSA) is 62.7 Å². The van der Waals surface area contributed by atoms with Crippen LogP contribution in [0.25, 0.3) is 0 Å². The van der Waals surface area contributed by atoms with Crippen molar-refractivity contribution in [2.24, 2.45) is 0 Å². The predicted molar refractivity (Wildman–Crippen MR) is 120 cm³/mol. The van der Waals surface area contributed by atoms with Crippen LogP contribution in [0.5, 0.6) is 11.6 Å². The van der Waals surface area contributed by atoms with Gasteiger partial charge in [0, 0.05) is 55.3 Å². The van der Waals surface area contributed by atoms with E-state index in [-0.39, 0.29) is 17.6 Å². The van der Waals surface area contributed by atoms with Crippen LogP contribution in [0, 0.1) is 0 Å². The number of benzene rings is 2. The highest BCUT2D eigenvalue weighted by atomic mass is 19.4. The number of hydrogen-bond donors (Lipinski definition) is 0. The van der Waals surface area contributed by atoms with Crippen LogP contribution in [0.1, 0.15) is 33.2 Å². The fourth-order valence-electron chi connectivity index (χ4n) is 3.65. The van der Waals surface area contributed by atoms with Gasteiger partial charge in [0.25, 0.3) is 5.91 Å². The lowest BCUT2D eigenvalue weighted by atomic mass is 10.1. The van der Waals surface area contributed by atoms with E-state index in [9.17, 15) is 22.8 Å². The molecule has 1 aromatic heterocycles. The van der Waals surface area contributed by atoms with E-state index in [0.717, 1.165) is 17.8 Å². The zero-order valence-electron chi connectivity index (χ0n) is 18.4. The first-order valence-electron chi connectivity index (χ1n) is 10.7. The van der Waals surface area contributed by atoms with E-state index < -0.39 is 11.7 Å². The molecule has 1 aliphatic heterocycles. The normalized spacial score (nSPS) is 14.1. The molecule has 0 unspecified atom stereocenters. The summed E-state index contributed by atoms with van der Waals surface area (Å²) in [4.78, 5) is 31.9. The first kappa shape index (κ1) is 23.3. The van der Waals surface area contributed by atoms with Crippen molar-refractivity contribution in [1.82, 2.24) is 9.88 Å². The van der Waals surface area contributed by atoms with E-state index in [4.69, 9.17) is 4.74 Å². The van der Waals surface area contributed by atoms with Crippen LogP contribution in [0.2, 0.25) is 0 Å². The molecule has 3 aromatic rings. The van der Waals surface area contributed by atoms with Gasteiger partial charge in [-0.05, 0) is 61.5 Å². The Kier molecular flexibility index (Phi) is 6.54. The largest absolute Gasteiger partial charge is 0.439 e. The smallest absolute Gasteiger partial charge is 0.417 e. The molecule has 2 aromatic carbocycles. The molecule has 0 bridgehead atoms. The molecule has 1 aliphatic rings. The van der Waals surface area contributed by atoms with Gasteiger partial charge in [-0.3, -0.25) is 9.59 Å². The van der Waals surface area contributed by atoms with Gasteiger partial charge in [-0.25, -0.2) is 4.98 Å². The zero-order valence-corrected chi connectivity index (χ0v) is 18.4. The van der Waals surface area contributed by atoms with Gasteiger partial charge in [0.2, 0.25) is 5.88 Å². The number of hydrogen-bond acceptors (Lipinski definition) is 5. The standard InChI is InChI=1S/C25H22F3N3O3/c1-17(32)18-2-7-21(8-3-18)30-12-14-31(15-13-30)24(33)19-4-9-22(10-5-19)34-23-11-6-20(16-29-23)25(26,27)28/h2-11,16H,12-15H2,1H3. The van der Waals surface area contributed by atoms with Crippen molar-refractivity contribution >= 4 is 17.4 Å². The molecule has 0 aliphatic carbocycles. The third kappa shape index (κ3) is 5.36. The number of aromatic nitrogens is 1. The Balaban J connectivity index is 1.33. The number of piperazine rings is 1. The molecule has 0 N–H and O–H groups in total. The maximum Gasteiger partial charge on any atom is 0.417 e. The molecule has 0 spiro atoms. The van der Waals surface area contributed by atoms with Crippen LogP contribution >= 0.6 is 0 Å². The number of anilines is 1. The second kappa shape index (κ2) is 9.54. The lowest BCUT2D eigenvalue weighted by molar-refractivity contribution is -0.137. The molecule has 34 heavy (non-hydrogen) atoms. The number of pyridine rings is 1. The van der Waals surface area contributed by atoms with Crippen molar-refractivity contribution in [3.8, 4) is 11.6 Å². The van der Waals surface area contributed by atoms with E-state index in [1.165, 1.54) is 6.92 Å². The molecule has 0 radical (unpaired) electrons. The summed E-state index contributed by atoms with van der Waals surface area (Å²) in [7, 11) is 0. The average molecular weight is 469 g/mol. The first-order valence-corrected chi connectivity index (χ1v) is 10.7. The molecule has 1 saturated heterocycles. The van der Waals surface area contributed by atoms with Crippen molar-refractivity contribution in [3.63, 3.8) is 0 Å². The average Bonchev–Trinajstić information content (AvgIpc) is 2.84. The minimum atomic E-state index is -4.46. The van der Waals surface area contributed by atoms with Crippen LogP contribution in [0.3, 0.4) is 0 Å². The summed E-state index contributed by atoms with van der Waals surface area (Å²) in [5, 5.41) is 0. The Labute approximate surface area is 194 Å². The monoisotopic (exact) mass is 469 g/mol. The lowest BCUT2D eigenvalue weighted by Gasteiger charge is -2.36. The second-order valence-corrected chi connectivity index (χ2v) is 7.89. The quantitative estimate of drug-likeness (QED) is 0.489. The minimum absolute atomic E-state index is 0.0222. The number of nitrogens with zero attached hydrogens (tertiary/aromatic N) is 3. The summed E-state index contributed by atoms with van der Waals surface area (Å²) in [6.07, 6.45) is -3.75. The van der Waals surface area contributed by atoms with E-state index in [2.05, 4.69) is 9.88 Å². The first-order chi connectivity index (χ1) is 16.2. The number of carbonyl (C=O) groups excluding carboxylic acids is 2. The number of Topliss-reactive ketones (excluding diaryl/α,β-unsaturated/α-hetero) is 1. The van der Waals surface area contributed by atoms with Gasteiger partial charge in [0.1, 0.15) is 5.75 Å². The highest BCUT2D eigenvalue weighted by molar-refractivity contribution is 5.95. The molecule has 0 saturated carbocycles. The number of rotatable bonds is 5. The van der Waals surface area contributed by atoms with E-state index in [0.29, 0.717) is 49.3 Å². The minimum Gasteiger partial charge on any atom is -0.439 e. The van der Waals surface area contributed by atoms with Crippen molar-refractivity contribution < 1.29 is 27.5 Å². The van der Waals surface area contributed by atoms with Crippen LogP contribution in [-0.2, 0) is 6.18 Å². The fourth-order valence-corrected chi connectivity index (χ4v) is 3.65. The number of halogens is 3. The van der Waals surface area contributed by atoms with Crippen LogP contribution in [-0.4, -0.2) is 47.8 Å². The molecular formula is C25H22F3N3O3. The fraction of sp³-hybridized carbons (Fsp3) is 0.240. The summed E-state index contributed by atoms with van der Waals surface area (Å²) in [6, 6.07) is 15.9. The summed E-state index contributed by atoms with van der Waals surface area (Å²) < 4.78 is 43.4. The number of alkyl halides is 3. The number of carbonyl (C=O) groups is 2. The molecule has 9 heteroatoms. The number of ether oxygens (including phenoxy) is 1. The van der Waals surface area contributed by atoms with Crippen molar-refractivity contribution in [2.45, 2.75) is 13.1 Å². The molecular weight excluding hydrogens is 447 g/mol. The maximum absolute atomic E-state index is 12.9. The van der Waals surface area contributed by atoms with Crippen molar-refractivity contribution in [1.29, 1.82) is 0 Å². The van der Waals surface area contributed by atoms with Crippen molar-refractivity contribution in [3.05, 3.63) is 83.6 Å². The number of ketones is 1. The molecule has 6 nitrogen and oxygen atoms in total.